The Balaban J connectivity index is 2.17. The SMILES string of the molecule is CS(=O)(=O)C1(C(=O)NCc2cc(F)ccc2F)CCNCC1. The van der Waals surface area contributed by atoms with Crippen LogP contribution in [0.5, 0.6) is 0 Å². The lowest BCUT2D eigenvalue weighted by Crippen LogP contribution is -2.57. The molecule has 2 N–H and O–H groups in total. The van der Waals surface area contributed by atoms with Gasteiger partial charge >= 0.3 is 0 Å². The van der Waals surface area contributed by atoms with Crippen LogP contribution < -0.4 is 10.6 Å². The third kappa shape index (κ3) is 3.27. The molecule has 1 fully saturated rings. The molecule has 1 aromatic rings. The molecule has 1 aliphatic heterocycles. The number of halogens is 2. The van der Waals surface area contributed by atoms with Crippen molar-refractivity contribution in [1.82, 2.24) is 10.6 Å². The summed E-state index contributed by atoms with van der Waals surface area (Å²) in [6.07, 6.45) is 1.34. The zero-order valence-corrected chi connectivity index (χ0v) is 13.0. The number of amides is 1. The molecule has 1 heterocycles. The van der Waals surface area contributed by atoms with Crippen molar-refractivity contribution in [2.75, 3.05) is 19.3 Å². The van der Waals surface area contributed by atoms with E-state index in [0.717, 1.165) is 24.5 Å². The molecule has 0 spiro atoms. The van der Waals surface area contributed by atoms with Gasteiger partial charge in [0.2, 0.25) is 5.91 Å². The molecule has 0 aliphatic carbocycles. The highest BCUT2D eigenvalue weighted by Crippen LogP contribution is 2.28. The van der Waals surface area contributed by atoms with E-state index in [1.165, 1.54) is 0 Å². The third-order valence-corrected chi connectivity index (χ3v) is 6.00. The molecule has 1 saturated heterocycles. The van der Waals surface area contributed by atoms with Crippen LogP contribution in [0.4, 0.5) is 8.78 Å². The zero-order valence-electron chi connectivity index (χ0n) is 12.2. The van der Waals surface area contributed by atoms with Crippen LogP contribution in [0.15, 0.2) is 18.2 Å². The van der Waals surface area contributed by atoms with E-state index in [4.69, 9.17) is 0 Å². The van der Waals surface area contributed by atoms with E-state index in [-0.39, 0.29) is 24.9 Å². The van der Waals surface area contributed by atoms with Crippen molar-refractivity contribution in [2.45, 2.75) is 24.1 Å². The van der Waals surface area contributed by atoms with Gasteiger partial charge in [-0.1, -0.05) is 0 Å². The molecule has 0 saturated carbocycles. The summed E-state index contributed by atoms with van der Waals surface area (Å²) in [5.41, 5.74) is -0.0223. The van der Waals surface area contributed by atoms with E-state index in [1.54, 1.807) is 0 Å². The van der Waals surface area contributed by atoms with Crippen molar-refractivity contribution in [3.8, 4) is 0 Å². The van der Waals surface area contributed by atoms with Crippen LogP contribution in [0.3, 0.4) is 0 Å². The average molecular weight is 332 g/mol. The first-order valence-electron chi connectivity index (χ1n) is 6.89. The number of benzene rings is 1. The highest BCUT2D eigenvalue weighted by molar-refractivity contribution is 7.92. The van der Waals surface area contributed by atoms with Gasteiger partial charge in [-0.2, -0.15) is 0 Å². The van der Waals surface area contributed by atoms with Gasteiger partial charge in [0.25, 0.3) is 0 Å². The maximum Gasteiger partial charge on any atom is 0.241 e. The fourth-order valence-corrected chi connectivity index (χ4v) is 3.97. The molecule has 0 unspecified atom stereocenters. The lowest BCUT2D eigenvalue weighted by atomic mass is 9.95. The van der Waals surface area contributed by atoms with Crippen LogP contribution in [-0.4, -0.2) is 38.4 Å². The molecule has 0 aromatic heterocycles. The molecule has 8 heteroatoms. The normalized spacial score (nSPS) is 18.0. The van der Waals surface area contributed by atoms with Crippen molar-refractivity contribution >= 4 is 15.7 Å². The van der Waals surface area contributed by atoms with E-state index in [9.17, 15) is 22.0 Å². The molecule has 5 nitrogen and oxygen atoms in total. The summed E-state index contributed by atoms with van der Waals surface area (Å²) in [5, 5.41) is 5.43. The fourth-order valence-electron chi connectivity index (χ4n) is 2.61. The number of hydrogen-bond donors (Lipinski definition) is 2. The second-order valence-corrected chi connectivity index (χ2v) is 7.76. The van der Waals surface area contributed by atoms with Crippen LogP contribution in [0.1, 0.15) is 18.4 Å². The number of sulfone groups is 1. The smallest absolute Gasteiger partial charge is 0.241 e. The van der Waals surface area contributed by atoms with Gasteiger partial charge in [0, 0.05) is 18.4 Å². The summed E-state index contributed by atoms with van der Waals surface area (Å²) in [6, 6.07) is 2.92. The molecule has 22 heavy (non-hydrogen) atoms. The number of carbonyl (C=O) groups excluding carboxylic acids is 1. The lowest BCUT2D eigenvalue weighted by Gasteiger charge is -2.34. The summed E-state index contributed by atoms with van der Waals surface area (Å²) in [7, 11) is -3.63. The quantitative estimate of drug-likeness (QED) is 0.853. The number of carbonyl (C=O) groups is 1. The van der Waals surface area contributed by atoms with Gasteiger partial charge in [0.05, 0.1) is 0 Å². The second kappa shape index (κ2) is 6.29. The van der Waals surface area contributed by atoms with Gasteiger partial charge in [-0.05, 0) is 44.1 Å². The van der Waals surface area contributed by atoms with Crippen molar-refractivity contribution in [3.63, 3.8) is 0 Å². The van der Waals surface area contributed by atoms with Gasteiger partial charge in [-0.15, -0.1) is 0 Å². The summed E-state index contributed by atoms with van der Waals surface area (Å²) in [5.74, 6) is -1.94. The first-order chi connectivity index (χ1) is 10.3. The van der Waals surface area contributed by atoms with Crippen molar-refractivity contribution in [1.29, 1.82) is 0 Å². The molecule has 0 bridgehead atoms. The number of hydrogen-bond acceptors (Lipinski definition) is 4. The van der Waals surface area contributed by atoms with Gasteiger partial charge in [0.1, 0.15) is 11.6 Å². The van der Waals surface area contributed by atoms with E-state index >= 15 is 0 Å². The Kier molecular flexibility index (Phi) is 4.81. The largest absolute Gasteiger partial charge is 0.351 e. The van der Waals surface area contributed by atoms with Gasteiger partial charge in [-0.3, -0.25) is 4.79 Å². The van der Waals surface area contributed by atoms with Gasteiger partial charge in [-0.25, -0.2) is 17.2 Å². The van der Waals surface area contributed by atoms with Crippen LogP contribution in [0, 0.1) is 11.6 Å². The Morgan fingerprint density at radius 1 is 1.32 bits per heavy atom. The van der Waals surface area contributed by atoms with E-state index < -0.39 is 32.1 Å². The second-order valence-electron chi connectivity index (χ2n) is 5.43. The lowest BCUT2D eigenvalue weighted by molar-refractivity contribution is -0.124. The molecule has 1 aliphatic rings. The Bertz CT molecular complexity index is 671. The van der Waals surface area contributed by atoms with Crippen LogP contribution in [0.25, 0.3) is 0 Å². The molecule has 122 valence electrons. The first kappa shape index (κ1) is 16.8. The number of piperidine rings is 1. The minimum absolute atomic E-state index is 0.0223. The molecular weight excluding hydrogens is 314 g/mol. The fraction of sp³-hybridized carbons (Fsp3) is 0.500. The van der Waals surface area contributed by atoms with Crippen LogP contribution in [-0.2, 0) is 21.2 Å². The predicted octanol–water partition coefficient (Wildman–Crippen LogP) is 0.748. The molecule has 1 aromatic carbocycles. The summed E-state index contributed by atoms with van der Waals surface area (Å²) < 4.78 is 49.3. The molecule has 1 amide bonds. The predicted molar refractivity (Wildman–Crippen MR) is 77.9 cm³/mol. The van der Waals surface area contributed by atoms with Crippen molar-refractivity contribution in [2.24, 2.45) is 0 Å². The number of nitrogens with one attached hydrogen (secondary N) is 2. The molecule has 0 radical (unpaired) electrons. The Morgan fingerprint density at radius 2 is 1.95 bits per heavy atom. The van der Waals surface area contributed by atoms with E-state index in [2.05, 4.69) is 10.6 Å². The van der Waals surface area contributed by atoms with E-state index in [0.29, 0.717) is 13.1 Å². The maximum atomic E-state index is 13.5. The standard InChI is InChI=1S/C14H18F2N2O3S/c1-22(20,21)14(4-6-17-7-5-14)13(19)18-9-10-8-11(15)2-3-12(10)16/h2-3,8,17H,4-7,9H2,1H3,(H,18,19). The summed E-state index contributed by atoms with van der Waals surface area (Å²) >= 11 is 0. The van der Waals surface area contributed by atoms with E-state index in [1.807, 2.05) is 0 Å². The van der Waals surface area contributed by atoms with Crippen molar-refractivity contribution < 1.29 is 22.0 Å². The van der Waals surface area contributed by atoms with Gasteiger partial charge in [0.15, 0.2) is 14.6 Å². The molecule has 2 rings (SSSR count). The Hall–Kier alpha value is -1.54. The Labute approximate surface area is 128 Å². The zero-order chi connectivity index (χ0) is 16.4. The van der Waals surface area contributed by atoms with Crippen molar-refractivity contribution in [3.05, 3.63) is 35.4 Å². The number of rotatable bonds is 4. The molecule has 0 atom stereocenters. The highest BCUT2D eigenvalue weighted by Gasteiger charge is 2.48. The van der Waals surface area contributed by atoms with Crippen LogP contribution >= 0.6 is 0 Å². The van der Waals surface area contributed by atoms with Gasteiger partial charge < -0.3 is 10.6 Å². The highest BCUT2D eigenvalue weighted by atomic mass is 32.2. The maximum absolute atomic E-state index is 13.5. The topological polar surface area (TPSA) is 75.3 Å². The van der Waals surface area contributed by atoms with Crippen LogP contribution in [0.2, 0.25) is 0 Å². The summed E-state index contributed by atoms with van der Waals surface area (Å²) in [4.78, 5) is 12.4. The molecular formula is C14H18F2N2O3S. The first-order valence-corrected chi connectivity index (χ1v) is 8.78. The summed E-state index contributed by atoms with van der Waals surface area (Å²) in [6.45, 7) is 0.566. The monoisotopic (exact) mass is 332 g/mol. The third-order valence-electron chi connectivity index (χ3n) is 3.98. The minimum atomic E-state index is -3.63. The Morgan fingerprint density at radius 3 is 2.55 bits per heavy atom. The average Bonchev–Trinajstić information content (AvgIpc) is 2.47. The minimum Gasteiger partial charge on any atom is -0.351 e.